The highest BCUT2D eigenvalue weighted by molar-refractivity contribution is 7.52. The third-order valence-corrected chi connectivity index (χ3v) is 6.51. The number of alkyl halides is 1. The number of benzene rings is 1. The number of rotatable bonds is 10. The van der Waals surface area contributed by atoms with Crippen molar-refractivity contribution in [1.29, 1.82) is 0 Å². The van der Waals surface area contributed by atoms with Gasteiger partial charge in [0.2, 0.25) is 5.90 Å². The van der Waals surface area contributed by atoms with Crippen LogP contribution in [0.25, 0.3) is 0 Å². The Labute approximate surface area is 209 Å². The van der Waals surface area contributed by atoms with Crippen LogP contribution in [-0.4, -0.2) is 82.5 Å². The first-order valence-corrected chi connectivity index (χ1v) is 12.5. The van der Waals surface area contributed by atoms with Crippen molar-refractivity contribution in [3.05, 3.63) is 30.3 Å². The first-order valence-electron chi connectivity index (χ1n) is 11.9. The van der Waals surface area contributed by atoms with Gasteiger partial charge in [0.05, 0.1) is 21.9 Å². The van der Waals surface area contributed by atoms with Crippen LogP contribution in [0.15, 0.2) is 35.3 Å². The van der Waals surface area contributed by atoms with Crippen LogP contribution in [0.2, 0.25) is 0 Å². The van der Waals surface area contributed by atoms with Gasteiger partial charge < -0.3 is 24.2 Å². The van der Waals surface area contributed by atoms with Gasteiger partial charge in [0, 0.05) is 0 Å². The molecule has 15 heteroatoms. The molecule has 1 aromatic rings. The second kappa shape index (κ2) is 11.2. The van der Waals surface area contributed by atoms with Gasteiger partial charge in [-0.25, -0.2) is 24.2 Å². The Hall–Kier alpha value is -2.61. The molecule has 36 heavy (non-hydrogen) atoms. The molecule has 0 radical (unpaired) electrons. The minimum Gasteiger partial charge on any atom is -0.495 e. The van der Waals surface area contributed by atoms with E-state index in [0.29, 0.717) is 5.01 Å². The Kier molecular flexibility index (Phi) is 7.79. The highest BCUT2D eigenvalue weighted by Crippen LogP contribution is 2.46. The molecular formula is C21H30FN4O9P. The summed E-state index contributed by atoms with van der Waals surface area (Å²) in [5.74, 6) is -1.44. The summed E-state index contributed by atoms with van der Waals surface area (Å²) in [7, 11) is -4.80. The minimum absolute atomic E-state index is 0.0227. The lowest BCUT2D eigenvalue weighted by Crippen LogP contribution is -2.59. The second-order valence-electron chi connectivity index (χ2n) is 8.47. The number of para-hydroxylation sites is 1. The Bertz CT molecular complexity index is 1110. The Morgan fingerprint density at radius 2 is 2.11 bits per heavy atom. The maximum absolute atomic E-state index is 15.6. The van der Waals surface area contributed by atoms with E-state index in [0.717, 1.165) is 6.92 Å². The summed E-state index contributed by atoms with van der Waals surface area (Å²) in [6.07, 6.45) is -6.82. The summed E-state index contributed by atoms with van der Waals surface area (Å²) in [6, 6.07) is 5.03. The third kappa shape index (κ3) is 6.58. The van der Waals surface area contributed by atoms with E-state index in [-0.39, 0.29) is 12.3 Å². The number of hydrogen-bond donors (Lipinski definition) is 4. The predicted molar refractivity (Wildman–Crippen MR) is 124 cm³/mol. The fourth-order valence-electron chi connectivity index (χ4n) is 3.24. The lowest BCUT2D eigenvalue weighted by molar-refractivity contribution is -0.149. The zero-order valence-electron chi connectivity index (χ0n) is 22.0. The van der Waals surface area contributed by atoms with Crippen LogP contribution in [-0.2, 0) is 23.4 Å². The van der Waals surface area contributed by atoms with Gasteiger partial charge in [-0.05, 0) is 39.8 Å². The van der Waals surface area contributed by atoms with E-state index in [9.17, 15) is 24.4 Å². The summed E-state index contributed by atoms with van der Waals surface area (Å²) in [6.45, 7) is 1.75. The molecule has 2 heterocycles. The summed E-state index contributed by atoms with van der Waals surface area (Å²) < 4.78 is 67.2. The number of amides is 2. The van der Waals surface area contributed by atoms with E-state index in [4.69, 9.17) is 21.3 Å². The summed E-state index contributed by atoms with van der Waals surface area (Å²) in [5.41, 5.74) is -0.415. The molecule has 6 atom stereocenters. The molecule has 13 nitrogen and oxygen atoms in total. The third-order valence-electron chi connectivity index (χ3n) is 5.01. The molecule has 0 unspecified atom stereocenters. The lowest BCUT2D eigenvalue weighted by Gasteiger charge is -2.34. The number of halogens is 1. The SMILES string of the molecule is [2H]C([2H])(O[P@@](=O)(N[C@@H](C)C(=O)OC(C)C)Oc1ccccc1)[C@H]1O[C@@H](N2NCC(O)=NC2=O)[C@](C)(F)[C@@H]1O. The summed E-state index contributed by atoms with van der Waals surface area (Å²) >= 11 is 0. The first-order chi connectivity index (χ1) is 17.6. The predicted octanol–water partition coefficient (Wildman–Crippen LogP) is 1.83. The Morgan fingerprint density at radius 3 is 2.72 bits per heavy atom. The zero-order valence-corrected chi connectivity index (χ0v) is 20.8. The van der Waals surface area contributed by atoms with E-state index in [1.165, 1.54) is 31.2 Å². The molecule has 1 fully saturated rings. The summed E-state index contributed by atoms with van der Waals surface area (Å²) in [5, 5.41) is 22.9. The molecular weight excluding hydrogens is 502 g/mol. The number of aliphatic hydroxyl groups excluding tert-OH is 2. The van der Waals surface area contributed by atoms with Crippen molar-refractivity contribution in [2.45, 2.75) is 63.9 Å². The van der Waals surface area contributed by atoms with E-state index in [1.807, 2.05) is 0 Å². The van der Waals surface area contributed by atoms with Crippen LogP contribution in [0.4, 0.5) is 9.18 Å². The van der Waals surface area contributed by atoms with Crippen LogP contribution in [0.3, 0.4) is 0 Å². The monoisotopic (exact) mass is 534 g/mol. The van der Waals surface area contributed by atoms with Crippen LogP contribution < -0.4 is 15.0 Å². The van der Waals surface area contributed by atoms with Crippen LogP contribution >= 0.6 is 7.75 Å². The number of hydrazine groups is 1. The maximum atomic E-state index is 15.6. The Balaban J connectivity index is 1.87. The van der Waals surface area contributed by atoms with Crippen molar-refractivity contribution in [3.8, 4) is 5.75 Å². The number of esters is 1. The summed E-state index contributed by atoms with van der Waals surface area (Å²) in [4.78, 5) is 27.8. The van der Waals surface area contributed by atoms with Gasteiger partial charge in [0.1, 0.15) is 24.0 Å². The molecule has 2 aliphatic rings. The van der Waals surface area contributed by atoms with Crippen molar-refractivity contribution in [3.63, 3.8) is 0 Å². The fourth-order valence-corrected chi connectivity index (χ4v) is 4.61. The number of carbonyl (C=O) groups is 2. The first kappa shape index (κ1) is 25.1. The van der Waals surface area contributed by atoms with Gasteiger partial charge in [0.15, 0.2) is 11.9 Å². The van der Waals surface area contributed by atoms with Crippen molar-refractivity contribution in [1.82, 2.24) is 15.5 Å². The molecule has 2 amide bonds. The van der Waals surface area contributed by atoms with Crippen molar-refractivity contribution < 1.29 is 50.0 Å². The van der Waals surface area contributed by atoms with Gasteiger partial charge in [-0.15, -0.1) is 0 Å². The molecule has 0 spiro atoms. The minimum atomic E-state index is -4.80. The molecule has 200 valence electrons. The number of nitrogens with one attached hydrogen (secondary N) is 2. The zero-order chi connectivity index (χ0) is 28.5. The molecule has 0 saturated carbocycles. The van der Waals surface area contributed by atoms with E-state index >= 15 is 4.39 Å². The molecule has 2 aliphatic heterocycles. The largest absolute Gasteiger partial charge is 0.495 e. The van der Waals surface area contributed by atoms with Gasteiger partial charge in [-0.3, -0.25) is 9.32 Å². The molecule has 4 N–H and O–H groups in total. The number of aliphatic imine (C=N–C) groups is 1. The highest BCUT2D eigenvalue weighted by Gasteiger charge is 2.58. The van der Waals surface area contributed by atoms with Crippen molar-refractivity contribution in [2.75, 3.05) is 13.1 Å². The number of carbonyl (C=O) groups excluding carboxylic acids is 2. The molecule has 0 aliphatic carbocycles. The van der Waals surface area contributed by atoms with Gasteiger partial charge in [0.25, 0.3) is 0 Å². The molecule has 3 rings (SSSR count). The standard InChI is InChI=1S/C21H30FN4O9P/c1-12(2)33-18(29)13(3)25-36(31,35-14-8-6-5-7-9-14)32-11-15-17(28)21(4,22)19(34-15)26-20(30)24-16(27)10-23-26/h5-9,12-13,15,17,19,23,28H,10-11H2,1-4H3,(H,25,31)(H,24,27,30)/t13-,15+,17+,19+,21+,36-/m0/s1/i11D2. The molecule has 1 saturated heterocycles. The van der Waals surface area contributed by atoms with Gasteiger partial charge >= 0.3 is 19.7 Å². The normalized spacial score (nSPS) is 30.2. The Morgan fingerprint density at radius 1 is 1.44 bits per heavy atom. The average molecular weight is 534 g/mol. The number of nitrogens with zero attached hydrogens (tertiary/aromatic N) is 2. The van der Waals surface area contributed by atoms with E-state index in [1.54, 1.807) is 19.9 Å². The van der Waals surface area contributed by atoms with Crippen LogP contribution in [0, 0.1) is 0 Å². The smallest absolute Gasteiger partial charge is 0.459 e. The highest BCUT2D eigenvalue weighted by atomic mass is 31.2. The van der Waals surface area contributed by atoms with Crippen LogP contribution in [0.5, 0.6) is 5.75 Å². The van der Waals surface area contributed by atoms with Crippen molar-refractivity contribution >= 4 is 25.6 Å². The van der Waals surface area contributed by atoms with E-state index in [2.05, 4.69) is 15.5 Å². The maximum Gasteiger partial charge on any atom is 0.459 e. The topological polar surface area (TPSA) is 168 Å². The van der Waals surface area contributed by atoms with Crippen LogP contribution in [0.1, 0.15) is 30.4 Å². The number of urea groups is 1. The van der Waals surface area contributed by atoms with Crippen molar-refractivity contribution in [2.24, 2.45) is 4.99 Å². The fraction of sp³-hybridized carbons (Fsp3) is 0.571. The second-order valence-corrected chi connectivity index (χ2v) is 10.1. The quantitative estimate of drug-likeness (QED) is 0.255. The lowest BCUT2D eigenvalue weighted by atomic mass is 9.98. The molecule has 0 aromatic heterocycles. The van der Waals surface area contributed by atoms with Gasteiger partial charge in [-0.2, -0.15) is 10.1 Å². The number of hydrogen-bond acceptors (Lipinski definition) is 9. The van der Waals surface area contributed by atoms with Gasteiger partial charge in [-0.1, -0.05) is 18.2 Å². The number of aliphatic hydroxyl groups is 2. The number of ether oxygens (including phenoxy) is 2. The van der Waals surface area contributed by atoms with E-state index < -0.39 is 68.5 Å². The molecule has 1 aromatic carbocycles. The molecule has 0 bridgehead atoms. The average Bonchev–Trinajstić information content (AvgIpc) is 3.03.